The summed E-state index contributed by atoms with van der Waals surface area (Å²) in [5.41, 5.74) is 0. The number of carbonyl (C=O) groups excluding carboxylic acids is 1. The summed E-state index contributed by atoms with van der Waals surface area (Å²) in [6.07, 6.45) is 23.4. The zero-order chi connectivity index (χ0) is 15.8. The van der Waals surface area contributed by atoms with E-state index >= 15 is 0 Å². The molecule has 0 spiro atoms. The predicted molar refractivity (Wildman–Crippen MR) is 91.1 cm³/mol. The van der Waals surface area contributed by atoms with Gasteiger partial charge in [0.05, 0.1) is 13.0 Å². The van der Waals surface area contributed by atoms with Gasteiger partial charge in [-0.25, -0.2) is 0 Å². The van der Waals surface area contributed by atoms with Crippen molar-refractivity contribution in [3.05, 3.63) is 48.6 Å². The Morgan fingerprint density at radius 1 is 0.952 bits per heavy atom. The fourth-order valence-corrected chi connectivity index (χ4v) is 1.78. The van der Waals surface area contributed by atoms with Crippen molar-refractivity contribution in [2.45, 2.75) is 52.4 Å². The van der Waals surface area contributed by atoms with Crippen LogP contribution in [0.15, 0.2) is 48.6 Å². The normalized spacial score (nSPS) is 13.9. The molecule has 0 N–H and O–H groups in total. The Kier molecular flexibility index (Phi) is 13.7. The molecule has 0 aromatic rings. The van der Waals surface area contributed by atoms with Crippen molar-refractivity contribution in [3.63, 3.8) is 0 Å². The molecule has 0 amide bonds. The summed E-state index contributed by atoms with van der Waals surface area (Å²) >= 11 is 0. The van der Waals surface area contributed by atoms with Gasteiger partial charge < -0.3 is 4.74 Å². The summed E-state index contributed by atoms with van der Waals surface area (Å²) in [6.45, 7) is 4.10. The molecule has 1 unspecified atom stereocenters. The molecule has 0 aromatic heterocycles. The molecule has 0 fully saturated rings. The van der Waals surface area contributed by atoms with Crippen LogP contribution in [0.2, 0.25) is 0 Å². The van der Waals surface area contributed by atoms with Crippen molar-refractivity contribution in [2.24, 2.45) is 5.92 Å². The summed E-state index contributed by atoms with van der Waals surface area (Å²) in [5, 5.41) is 0. The van der Waals surface area contributed by atoms with Gasteiger partial charge in [0.15, 0.2) is 0 Å². The minimum atomic E-state index is -0.160. The fourth-order valence-electron chi connectivity index (χ4n) is 1.78. The quantitative estimate of drug-likeness (QED) is 0.290. The zero-order valence-electron chi connectivity index (χ0n) is 13.8. The number of carbonyl (C=O) groups is 1. The van der Waals surface area contributed by atoms with Crippen LogP contribution in [0.25, 0.3) is 0 Å². The Balaban J connectivity index is 3.68. The predicted octanol–water partition coefficient (Wildman–Crippen LogP) is 5.38. The first-order valence-electron chi connectivity index (χ1n) is 7.95. The molecule has 118 valence electrons. The van der Waals surface area contributed by atoms with Crippen LogP contribution >= 0.6 is 0 Å². The van der Waals surface area contributed by atoms with E-state index in [0.29, 0.717) is 6.42 Å². The van der Waals surface area contributed by atoms with Crippen molar-refractivity contribution in [1.29, 1.82) is 0 Å². The molecule has 0 rings (SSSR count). The number of hydrogen-bond acceptors (Lipinski definition) is 2. The number of methoxy groups -OCH3 is 1. The SMILES string of the molecule is CCCCCC/C=C/C=C/C=C/C=C/CC(C)C(=O)OC. The largest absolute Gasteiger partial charge is 0.469 e. The number of unbranched alkanes of at least 4 members (excludes halogenated alkanes) is 4. The smallest absolute Gasteiger partial charge is 0.308 e. The lowest BCUT2D eigenvalue weighted by atomic mass is 10.1. The molecule has 0 heterocycles. The lowest BCUT2D eigenvalue weighted by molar-refractivity contribution is -0.144. The maximum atomic E-state index is 11.2. The van der Waals surface area contributed by atoms with Gasteiger partial charge >= 0.3 is 5.97 Å². The van der Waals surface area contributed by atoms with Crippen molar-refractivity contribution < 1.29 is 9.53 Å². The average Bonchev–Trinajstić information content (AvgIpc) is 2.50. The van der Waals surface area contributed by atoms with Crippen molar-refractivity contribution in [1.82, 2.24) is 0 Å². The summed E-state index contributed by atoms with van der Waals surface area (Å²) in [4.78, 5) is 11.2. The van der Waals surface area contributed by atoms with Gasteiger partial charge in [0.25, 0.3) is 0 Å². The summed E-state index contributed by atoms with van der Waals surface area (Å²) in [6, 6.07) is 0. The van der Waals surface area contributed by atoms with Crippen LogP contribution in [-0.4, -0.2) is 13.1 Å². The monoisotopic (exact) mass is 290 g/mol. The van der Waals surface area contributed by atoms with Crippen LogP contribution in [0.3, 0.4) is 0 Å². The number of hydrogen-bond donors (Lipinski definition) is 0. The standard InChI is InChI=1S/C19H30O2/c1-4-5-6-7-8-9-10-11-12-13-14-15-16-17-18(2)19(20)21-3/h9-16,18H,4-8,17H2,1-3H3/b10-9+,12-11+,14-13+,16-15+. The van der Waals surface area contributed by atoms with Gasteiger partial charge in [0.1, 0.15) is 0 Å². The van der Waals surface area contributed by atoms with Gasteiger partial charge in [-0.2, -0.15) is 0 Å². The lowest BCUT2D eigenvalue weighted by Gasteiger charge is -2.04. The Hall–Kier alpha value is -1.57. The molecular weight excluding hydrogens is 260 g/mol. The Labute approximate surface area is 130 Å². The third-order valence-electron chi connectivity index (χ3n) is 3.15. The first-order chi connectivity index (χ1) is 10.2. The topological polar surface area (TPSA) is 26.3 Å². The van der Waals surface area contributed by atoms with Crippen LogP contribution in [0.4, 0.5) is 0 Å². The summed E-state index contributed by atoms with van der Waals surface area (Å²) in [7, 11) is 1.42. The Bertz CT molecular complexity index is 362. The van der Waals surface area contributed by atoms with E-state index in [1.165, 1.54) is 39.2 Å². The molecule has 0 bridgehead atoms. The second-order valence-electron chi connectivity index (χ2n) is 5.14. The Morgan fingerprint density at radius 2 is 1.57 bits per heavy atom. The molecule has 0 aliphatic heterocycles. The van der Waals surface area contributed by atoms with Crippen LogP contribution in [0.1, 0.15) is 52.4 Å². The Morgan fingerprint density at radius 3 is 2.19 bits per heavy atom. The van der Waals surface area contributed by atoms with E-state index in [0.717, 1.165) is 0 Å². The van der Waals surface area contributed by atoms with E-state index in [-0.39, 0.29) is 11.9 Å². The molecular formula is C19H30O2. The van der Waals surface area contributed by atoms with Crippen LogP contribution in [0, 0.1) is 5.92 Å². The first-order valence-corrected chi connectivity index (χ1v) is 7.95. The summed E-state index contributed by atoms with van der Waals surface area (Å²) in [5.74, 6) is -0.238. The fraction of sp³-hybridized carbons (Fsp3) is 0.526. The van der Waals surface area contributed by atoms with Gasteiger partial charge in [0, 0.05) is 0 Å². The second kappa shape index (κ2) is 14.8. The number of allylic oxidation sites excluding steroid dienone is 8. The molecule has 0 aliphatic carbocycles. The van der Waals surface area contributed by atoms with E-state index in [1.807, 2.05) is 43.4 Å². The van der Waals surface area contributed by atoms with Crippen molar-refractivity contribution in [3.8, 4) is 0 Å². The van der Waals surface area contributed by atoms with Crippen molar-refractivity contribution >= 4 is 5.97 Å². The van der Waals surface area contributed by atoms with Gasteiger partial charge in [-0.1, -0.05) is 81.7 Å². The molecule has 2 nitrogen and oxygen atoms in total. The van der Waals surface area contributed by atoms with Gasteiger partial charge in [-0.15, -0.1) is 0 Å². The lowest BCUT2D eigenvalue weighted by Crippen LogP contribution is -2.11. The first kappa shape index (κ1) is 19.4. The molecule has 21 heavy (non-hydrogen) atoms. The van der Waals surface area contributed by atoms with Gasteiger partial charge in [-0.3, -0.25) is 4.79 Å². The van der Waals surface area contributed by atoms with E-state index in [9.17, 15) is 4.79 Å². The maximum Gasteiger partial charge on any atom is 0.308 e. The third-order valence-corrected chi connectivity index (χ3v) is 3.15. The third kappa shape index (κ3) is 13.2. The van der Waals surface area contributed by atoms with Gasteiger partial charge in [0.2, 0.25) is 0 Å². The average molecular weight is 290 g/mol. The van der Waals surface area contributed by atoms with E-state index in [4.69, 9.17) is 0 Å². The van der Waals surface area contributed by atoms with E-state index < -0.39 is 0 Å². The highest BCUT2D eigenvalue weighted by molar-refractivity contribution is 5.71. The summed E-state index contributed by atoms with van der Waals surface area (Å²) < 4.78 is 4.67. The van der Waals surface area contributed by atoms with Crippen LogP contribution < -0.4 is 0 Å². The van der Waals surface area contributed by atoms with Gasteiger partial charge in [-0.05, 0) is 19.3 Å². The highest BCUT2D eigenvalue weighted by Crippen LogP contribution is 2.05. The number of esters is 1. The minimum absolute atomic E-state index is 0.0779. The highest BCUT2D eigenvalue weighted by atomic mass is 16.5. The molecule has 2 heteroatoms. The molecule has 0 radical (unpaired) electrons. The molecule has 0 aromatic carbocycles. The number of ether oxygens (including phenoxy) is 1. The van der Waals surface area contributed by atoms with E-state index in [2.05, 4.69) is 23.8 Å². The minimum Gasteiger partial charge on any atom is -0.469 e. The zero-order valence-corrected chi connectivity index (χ0v) is 13.8. The van der Waals surface area contributed by atoms with Crippen LogP contribution in [-0.2, 0) is 9.53 Å². The highest BCUT2D eigenvalue weighted by Gasteiger charge is 2.09. The van der Waals surface area contributed by atoms with E-state index in [1.54, 1.807) is 0 Å². The van der Waals surface area contributed by atoms with Crippen LogP contribution in [0.5, 0.6) is 0 Å². The molecule has 0 saturated heterocycles. The molecule has 1 atom stereocenters. The number of rotatable bonds is 11. The maximum absolute atomic E-state index is 11.2. The second-order valence-corrected chi connectivity index (χ2v) is 5.14. The van der Waals surface area contributed by atoms with Crippen molar-refractivity contribution in [2.75, 3.05) is 7.11 Å². The molecule has 0 aliphatic rings. The molecule has 0 saturated carbocycles.